The van der Waals surface area contributed by atoms with Gasteiger partial charge in [0.2, 0.25) is 5.91 Å². The third-order valence-electron chi connectivity index (χ3n) is 6.88. The lowest BCUT2D eigenvalue weighted by atomic mass is 9.97. The van der Waals surface area contributed by atoms with Crippen molar-refractivity contribution in [2.45, 2.75) is 50.9 Å². The maximum atomic E-state index is 12.9. The molecule has 1 fully saturated rings. The number of rotatable bonds is 6. The van der Waals surface area contributed by atoms with Gasteiger partial charge in [0.1, 0.15) is 6.54 Å². The van der Waals surface area contributed by atoms with Crippen molar-refractivity contribution in [2.24, 2.45) is 0 Å². The van der Waals surface area contributed by atoms with Crippen molar-refractivity contribution in [3.8, 4) is 0 Å². The molecule has 1 amide bonds. The number of hydrogen-bond donors (Lipinski definition) is 0. The van der Waals surface area contributed by atoms with Crippen molar-refractivity contribution in [1.82, 2.24) is 24.6 Å². The smallest absolute Gasteiger partial charge is 0.371 e. The molecule has 2 aliphatic heterocycles. The lowest BCUT2D eigenvalue weighted by Gasteiger charge is -2.31. The summed E-state index contributed by atoms with van der Waals surface area (Å²) in [6, 6.07) is 11.5. The summed E-state index contributed by atoms with van der Waals surface area (Å²) in [5, 5.41) is 6.79. The second-order valence-electron chi connectivity index (χ2n) is 9.45. The predicted molar refractivity (Wildman–Crippen MR) is 131 cm³/mol. The van der Waals surface area contributed by atoms with E-state index in [9.17, 15) is 18.0 Å². The summed E-state index contributed by atoms with van der Waals surface area (Å²) < 4.78 is 39.8. The highest BCUT2D eigenvalue weighted by molar-refractivity contribution is 7.09. The molecule has 1 saturated heterocycles. The van der Waals surface area contributed by atoms with Crippen LogP contribution in [0.2, 0.25) is 0 Å². The lowest BCUT2D eigenvalue weighted by Crippen LogP contribution is -2.40. The van der Waals surface area contributed by atoms with Crippen LogP contribution in [0, 0.1) is 6.92 Å². The molecule has 0 radical (unpaired) electrons. The first-order valence-electron chi connectivity index (χ1n) is 12.1. The van der Waals surface area contributed by atoms with Crippen LogP contribution in [0.5, 0.6) is 0 Å². The maximum absolute atomic E-state index is 12.9. The average molecular weight is 516 g/mol. The number of carbonyl (C=O) groups is 1. The number of hydrogen-bond acceptors (Lipinski definition) is 5. The van der Waals surface area contributed by atoms with E-state index in [1.807, 2.05) is 6.07 Å². The number of aromatic nitrogens is 3. The van der Waals surface area contributed by atoms with Crippen LogP contribution in [-0.4, -0.2) is 50.1 Å². The Hall–Kier alpha value is -3.14. The molecule has 0 aliphatic carbocycles. The van der Waals surface area contributed by atoms with Gasteiger partial charge in [-0.25, -0.2) is 4.98 Å². The Balaban J connectivity index is 1.11. The first-order valence-corrected chi connectivity index (χ1v) is 13.0. The first-order chi connectivity index (χ1) is 17.3. The number of carbonyl (C=O) groups excluding carboxylic acids is 1. The summed E-state index contributed by atoms with van der Waals surface area (Å²) in [5.41, 5.74) is 1.73. The monoisotopic (exact) mass is 515 g/mol. The third-order valence-corrected chi connectivity index (χ3v) is 7.93. The fraction of sp³-hybridized carbons (Fsp3) is 0.423. The summed E-state index contributed by atoms with van der Waals surface area (Å²) in [5.74, 6) is 0.487. The van der Waals surface area contributed by atoms with E-state index in [0.29, 0.717) is 30.6 Å². The fourth-order valence-electron chi connectivity index (χ4n) is 4.84. The van der Waals surface area contributed by atoms with Crippen molar-refractivity contribution in [1.29, 1.82) is 0 Å². The largest absolute Gasteiger partial charge is 0.435 e. The van der Waals surface area contributed by atoms with Crippen LogP contribution in [0.25, 0.3) is 0 Å². The summed E-state index contributed by atoms with van der Waals surface area (Å²) >= 11 is 1.67. The minimum atomic E-state index is -4.52. The van der Waals surface area contributed by atoms with Crippen molar-refractivity contribution in [3.63, 3.8) is 0 Å². The van der Waals surface area contributed by atoms with Gasteiger partial charge in [-0.3, -0.25) is 9.48 Å². The fourth-order valence-corrected chi connectivity index (χ4v) is 5.82. The standard InChI is InChI=1S/C26H28F3N5OS/c1-18-13-23(26(27,28)29)31-34(18)16-24(35)33-11-8-20(9-12-33)25-30-22(17-36-25)15-32-10-7-21(14-32)19-5-3-2-4-6-19/h2-7,10,13,17,20-21H,8-9,11-12,14-16H2,1H3. The number of aryl methyl sites for hydroxylation is 1. The molecule has 4 heterocycles. The van der Waals surface area contributed by atoms with Gasteiger partial charge in [-0.05, 0) is 37.6 Å². The topological polar surface area (TPSA) is 54.3 Å². The molecule has 10 heteroatoms. The number of likely N-dealkylation sites (tertiary alicyclic amines) is 1. The highest BCUT2D eigenvalue weighted by atomic mass is 32.1. The molecule has 1 aromatic carbocycles. The molecule has 0 bridgehead atoms. The van der Waals surface area contributed by atoms with Crippen LogP contribution in [0.1, 0.15) is 52.3 Å². The van der Waals surface area contributed by atoms with Crippen LogP contribution in [0.15, 0.2) is 54.1 Å². The molecule has 0 spiro atoms. The molecule has 5 rings (SSSR count). The first kappa shape index (κ1) is 24.5. The van der Waals surface area contributed by atoms with Gasteiger partial charge >= 0.3 is 6.18 Å². The van der Waals surface area contributed by atoms with E-state index in [1.54, 1.807) is 16.2 Å². The van der Waals surface area contributed by atoms with Gasteiger partial charge in [0.25, 0.3) is 0 Å². The molecule has 1 atom stereocenters. The molecule has 6 nitrogen and oxygen atoms in total. The Kier molecular flexibility index (Phi) is 6.87. The van der Waals surface area contributed by atoms with Crippen molar-refractivity contribution in [3.05, 3.63) is 81.7 Å². The second kappa shape index (κ2) is 10.1. The van der Waals surface area contributed by atoms with E-state index in [0.717, 1.165) is 47.4 Å². The normalized spacial score (nSPS) is 18.8. The van der Waals surface area contributed by atoms with Crippen LogP contribution >= 0.6 is 11.3 Å². The Morgan fingerprint density at radius 1 is 1.17 bits per heavy atom. The molecule has 1 unspecified atom stereocenters. The summed E-state index contributed by atoms with van der Waals surface area (Å²) in [6.07, 6.45) is 1.47. The molecule has 36 heavy (non-hydrogen) atoms. The average Bonchev–Trinajstić information content (AvgIpc) is 3.61. The number of alkyl halides is 3. The van der Waals surface area contributed by atoms with Crippen molar-refractivity contribution in [2.75, 3.05) is 19.6 Å². The van der Waals surface area contributed by atoms with Gasteiger partial charge in [0, 0.05) is 42.5 Å². The van der Waals surface area contributed by atoms with Crippen LogP contribution in [-0.2, 0) is 24.1 Å². The molecular weight excluding hydrogens is 487 g/mol. The summed E-state index contributed by atoms with van der Waals surface area (Å²) in [7, 11) is 0. The van der Waals surface area contributed by atoms with Gasteiger partial charge in [-0.15, -0.1) is 11.3 Å². The SMILES string of the molecule is Cc1cc(C(F)(F)F)nn1CC(=O)N1CCC(c2nc(CN3C=CC(c4ccccc4)C3)cs2)CC1. The van der Waals surface area contributed by atoms with Crippen LogP contribution in [0.4, 0.5) is 13.2 Å². The number of piperidine rings is 1. The Labute approximate surface area is 212 Å². The molecule has 2 aliphatic rings. The Morgan fingerprint density at radius 2 is 1.92 bits per heavy atom. The van der Waals surface area contributed by atoms with E-state index in [1.165, 1.54) is 12.5 Å². The Bertz CT molecular complexity index is 1230. The minimum absolute atomic E-state index is 0.179. The zero-order valence-electron chi connectivity index (χ0n) is 20.0. The molecule has 190 valence electrons. The lowest BCUT2D eigenvalue weighted by molar-refractivity contribution is -0.142. The van der Waals surface area contributed by atoms with Gasteiger partial charge in [0.05, 0.1) is 17.2 Å². The number of thiazole rings is 1. The molecule has 0 saturated carbocycles. The molecule has 3 aromatic rings. The summed E-state index contributed by atoms with van der Waals surface area (Å²) in [4.78, 5) is 21.6. The predicted octanol–water partition coefficient (Wildman–Crippen LogP) is 5.19. The van der Waals surface area contributed by atoms with Gasteiger partial charge in [-0.2, -0.15) is 18.3 Å². The van der Waals surface area contributed by atoms with Crippen molar-refractivity contribution < 1.29 is 18.0 Å². The van der Waals surface area contributed by atoms with E-state index in [4.69, 9.17) is 4.98 Å². The van der Waals surface area contributed by atoms with E-state index in [2.05, 4.69) is 51.9 Å². The Morgan fingerprint density at radius 3 is 2.61 bits per heavy atom. The zero-order chi connectivity index (χ0) is 25.3. The van der Waals surface area contributed by atoms with Gasteiger partial charge < -0.3 is 9.80 Å². The second-order valence-corrected chi connectivity index (χ2v) is 10.3. The van der Waals surface area contributed by atoms with Gasteiger partial charge in [-0.1, -0.05) is 36.4 Å². The quantitative estimate of drug-likeness (QED) is 0.454. The van der Waals surface area contributed by atoms with Crippen molar-refractivity contribution >= 4 is 17.2 Å². The number of benzene rings is 1. The molecule has 2 aromatic heterocycles. The summed E-state index contributed by atoms with van der Waals surface area (Å²) in [6.45, 7) is 4.20. The van der Waals surface area contributed by atoms with Crippen LogP contribution < -0.4 is 0 Å². The van der Waals surface area contributed by atoms with E-state index in [-0.39, 0.29) is 12.5 Å². The third kappa shape index (κ3) is 5.48. The molecular formula is C26H28F3N5OS. The number of halogens is 3. The maximum Gasteiger partial charge on any atom is 0.435 e. The van der Waals surface area contributed by atoms with Crippen LogP contribution in [0.3, 0.4) is 0 Å². The highest BCUT2D eigenvalue weighted by Gasteiger charge is 2.35. The molecule has 0 N–H and O–H groups in total. The van der Waals surface area contributed by atoms with Gasteiger partial charge in [0.15, 0.2) is 5.69 Å². The number of amides is 1. The van der Waals surface area contributed by atoms with E-state index < -0.39 is 11.9 Å². The highest BCUT2D eigenvalue weighted by Crippen LogP contribution is 2.32. The minimum Gasteiger partial charge on any atom is -0.371 e. The zero-order valence-corrected chi connectivity index (χ0v) is 20.8. The number of nitrogens with zero attached hydrogens (tertiary/aromatic N) is 5. The van der Waals surface area contributed by atoms with E-state index >= 15 is 0 Å².